The van der Waals surface area contributed by atoms with Crippen LogP contribution in [-0.4, -0.2) is 46.5 Å². The van der Waals surface area contributed by atoms with Crippen LogP contribution in [0.4, 0.5) is 0 Å². The average Bonchev–Trinajstić information content (AvgIpc) is 3.10. The highest BCUT2D eigenvalue weighted by Crippen LogP contribution is 2.50. The van der Waals surface area contributed by atoms with Crippen LogP contribution in [0.15, 0.2) is 106 Å². The maximum Gasteiger partial charge on any atom is 0.262 e. The van der Waals surface area contributed by atoms with Gasteiger partial charge in [-0.05, 0) is 85.7 Å². The number of hydrogen-bond acceptors (Lipinski definition) is 4. The molecule has 6 nitrogen and oxygen atoms in total. The first-order valence-electron chi connectivity index (χ1n) is 15.7. The molecule has 0 unspecified atom stereocenters. The molecular weight excluding hydrogens is 732 g/mol. The second kappa shape index (κ2) is 10.8. The maximum absolute atomic E-state index is 14.1. The largest absolute Gasteiger partial charge is 0.274 e. The smallest absolute Gasteiger partial charge is 0.262 e. The minimum atomic E-state index is -0.335. The van der Waals surface area contributed by atoms with Gasteiger partial charge < -0.3 is 0 Å². The van der Waals surface area contributed by atoms with Gasteiger partial charge in [0.05, 0.1) is 5.56 Å². The highest BCUT2D eigenvalue weighted by molar-refractivity contribution is 9.11. The Hall–Kier alpha value is -4.92. The third-order valence-corrected chi connectivity index (χ3v) is 11.1. The lowest BCUT2D eigenvalue weighted by Crippen LogP contribution is -2.42. The fraction of sp³-hybridized carbons (Fsp3) is 0.100. The van der Waals surface area contributed by atoms with Crippen molar-refractivity contribution in [1.29, 1.82) is 0 Å². The van der Waals surface area contributed by atoms with E-state index in [-0.39, 0.29) is 36.7 Å². The summed E-state index contributed by atoms with van der Waals surface area (Å²) in [6.45, 7) is 0.539. The third-order valence-electron chi connectivity index (χ3n) is 9.85. The maximum atomic E-state index is 14.1. The number of imide groups is 2. The zero-order chi connectivity index (χ0) is 32.8. The molecule has 0 saturated heterocycles. The molecule has 4 amide bonds. The molecule has 0 N–H and O–H groups in total. The van der Waals surface area contributed by atoms with Crippen molar-refractivity contribution >= 4 is 98.6 Å². The number of rotatable bonds is 6. The number of carbonyl (C=O) groups excluding carboxylic acids is 4. The van der Waals surface area contributed by atoms with E-state index in [0.717, 1.165) is 43.4 Å². The molecule has 0 bridgehead atoms. The Morgan fingerprint density at radius 3 is 1.58 bits per heavy atom. The predicted molar refractivity (Wildman–Crippen MR) is 194 cm³/mol. The lowest BCUT2D eigenvalue weighted by Gasteiger charge is -2.31. The summed E-state index contributed by atoms with van der Waals surface area (Å²) in [5.41, 5.74) is 3.99. The van der Waals surface area contributed by atoms with Crippen LogP contribution in [0.5, 0.6) is 0 Å². The van der Waals surface area contributed by atoms with E-state index < -0.39 is 0 Å². The average molecular weight is 756 g/mol. The second-order valence-corrected chi connectivity index (χ2v) is 14.1. The van der Waals surface area contributed by atoms with Gasteiger partial charge in [-0.15, -0.1) is 0 Å². The number of carbonyl (C=O) groups is 4. The summed E-state index contributed by atoms with van der Waals surface area (Å²) in [6.07, 6.45) is 1.11. The van der Waals surface area contributed by atoms with Gasteiger partial charge in [-0.25, -0.2) is 0 Å². The normalized spacial score (nSPS) is 14.5. The van der Waals surface area contributed by atoms with E-state index in [0.29, 0.717) is 54.8 Å². The standard InChI is InChI=1S/C40H24Br2N2O4/c41-29-20-28-35-34-27(19-30(42)36(35)40(48)44(39(28)47)18-16-22-9-5-2-6-10-22)23-11-13-25-32-26(14-12-24(31(23)32)33(29)34)38(46)43(37(25)45)17-15-21-7-3-1-4-8-21/h1-14,19-20H,15-18H2. The molecule has 9 rings (SSSR count). The number of hydrogen-bond donors (Lipinski definition) is 0. The van der Waals surface area contributed by atoms with E-state index in [2.05, 4.69) is 31.9 Å². The molecule has 0 aromatic heterocycles. The van der Waals surface area contributed by atoms with E-state index >= 15 is 0 Å². The SMILES string of the molecule is O=C1c2ccc3c4cc(Br)c5c6c(cc(Br)c(c7ccc(c2c37)C(=O)N1CCc1ccccc1)c64)C(=O)N(CCc1ccccc1)C5=O. The van der Waals surface area contributed by atoms with Gasteiger partial charge in [0.2, 0.25) is 0 Å². The minimum absolute atomic E-state index is 0.258. The second-order valence-electron chi connectivity index (χ2n) is 12.4. The van der Waals surface area contributed by atoms with E-state index in [4.69, 9.17) is 0 Å². The summed E-state index contributed by atoms with van der Waals surface area (Å²) in [5.74, 6) is -1.29. The van der Waals surface area contributed by atoms with Gasteiger partial charge in [-0.2, -0.15) is 0 Å². The molecule has 8 heteroatoms. The molecule has 7 aromatic carbocycles. The highest BCUT2D eigenvalue weighted by Gasteiger charge is 2.38. The summed E-state index contributed by atoms with van der Waals surface area (Å²) >= 11 is 7.50. The summed E-state index contributed by atoms with van der Waals surface area (Å²) in [5, 5.41) is 6.22. The van der Waals surface area contributed by atoms with Crippen LogP contribution in [-0.2, 0) is 12.8 Å². The number of fused-ring (bicyclic) bond motifs is 2. The fourth-order valence-corrected chi connectivity index (χ4v) is 8.88. The minimum Gasteiger partial charge on any atom is -0.274 e. The molecular formula is C40H24Br2N2O4. The van der Waals surface area contributed by atoms with E-state index in [1.165, 1.54) is 9.80 Å². The molecule has 0 atom stereocenters. The molecule has 0 aliphatic carbocycles. The van der Waals surface area contributed by atoms with Crippen LogP contribution >= 0.6 is 31.9 Å². The van der Waals surface area contributed by atoms with Crippen LogP contribution in [0.3, 0.4) is 0 Å². The summed E-state index contributed by atoms with van der Waals surface area (Å²) in [4.78, 5) is 58.6. The topological polar surface area (TPSA) is 74.8 Å². The summed E-state index contributed by atoms with van der Waals surface area (Å²) < 4.78 is 1.29. The van der Waals surface area contributed by atoms with Gasteiger partial charge in [-0.3, -0.25) is 29.0 Å². The zero-order valence-electron chi connectivity index (χ0n) is 25.3. The van der Waals surface area contributed by atoms with Gasteiger partial charge in [0.25, 0.3) is 23.6 Å². The van der Waals surface area contributed by atoms with Crippen molar-refractivity contribution in [3.8, 4) is 0 Å². The molecule has 0 spiro atoms. The first-order chi connectivity index (χ1) is 23.3. The first-order valence-corrected chi connectivity index (χ1v) is 17.3. The van der Waals surface area contributed by atoms with Gasteiger partial charge in [0.1, 0.15) is 0 Å². The number of benzene rings is 7. The quantitative estimate of drug-likeness (QED) is 0.0966. The lowest BCUT2D eigenvalue weighted by atomic mass is 9.82. The highest BCUT2D eigenvalue weighted by atomic mass is 79.9. The Bertz CT molecular complexity index is 2540. The van der Waals surface area contributed by atoms with Crippen molar-refractivity contribution in [2.75, 3.05) is 13.1 Å². The monoisotopic (exact) mass is 754 g/mol. The predicted octanol–water partition coefficient (Wildman–Crippen LogP) is 8.94. The van der Waals surface area contributed by atoms with E-state index in [1.54, 1.807) is 12.1 Å². The lowest BCUT2D eigenvalue weighted by molar-refractivity contribution is 0.0596. The van der Waals surface area contributed by atoms with Crippen LogP contribution in [0, 0.1) is 0 Å². The Morgan fingerprint density at radius 2 is 0.979 bits per heavy atom. The van der Waals surface area contributed by atoms with Crippen LogP contribution in [0.25, 0.3) is 43.1 Å². The Kier molecular flexibility index (Phi) is 6.58. The summed E-state index contributed by atoms with van der Waals surface area (Å²) in [6, 6.07) is 30.8. The first kappa shape index (κ1) is 29.2. The van der Waals surface area contributed by atoms with Gasteiger partial charge in [0, 0.05) is 60.3 Å². The zero-order valence-corrected chi connectivity index (χ0v) is 28.5. The van der Waals surface area contributed by atoms with E-state index in [9.17, 15) is 19.2 Å². The number of amides is 4. The fourth-order valence-electron chi connectivity index (χ4n) is 7.64. The molecule has 2 heterocycles. The Balaban J connectivity index is 1.23. The molecule has 2 aliphatic heterocycles. The molecule has 0 fully saturated rings. The van der Waals surface area contributed by atoms with Crippen LogP contribution in [0.1, 0.15) is 52.6 Å². The number of nitrogens with zero attached hydrogens (tertiary/aromatic N) is 2. The summed E-state index contributed by atoms with van der Waals surface area (Å²) in [7, 11) is 0. The van der Waals surface area contributed by atoms with Crippen molar-refractivity contribution in [3.05, 3.63) is 139 Å². The van der Waals surface area contributed by atoms with Gasteiger partial charge in [-0.1, -0.05) is 88.7 Å². The molecule has 0 saturated carbocycles. The van der Waals surface area contributed by atoms with E-state index in [1.807, 2.05) is 84.9 Å². The molecule has 0 radical (unpaired) electrons. The molecule has 48 heavy (non-hydrogen) atoms. The van der Waals surface area contributed by atoms with Crippen molar-refractivity contribution in [2.45, 2.75) is 12.8 Å². The van der Waals surface area contributed by atoms with Crippen molar-refractivity contribution in [2.24, 2.45) is 0 Å². The van der Waals surface area contributed by atoms with Gasteiger partial charge >= 0.3 is 0 Å². The third kappa shape index (κ3) is 4.09. The Morgan fingerprint density at radius 1 is 0.438 bits per heavy atom. The molecule has 7 aromatic rings. The number of halogens is 2. The Labute approximate surface area is 291 Å². The van der Waals surface area contributed by atoms with Crippen LogP contribution in [0.2, 0.25) is 0 Å². The van der Waals surface area contributed by atoms with Gasteiger partial charge in [0.15, 0.2) is 0 Å². The molecule has 232 valence electrons. The van der Waals surface area contributed by atoms with Crippen molar-refractivity contribution < 1.29 is 19.2 Å². The molecule has 2 aliphatic rings. The van der Waals surface area contributed by atoms with Crippen molar-refractivity contribution in [3.63, 3.8) is 0 Å². The van der Waals surface area contributed by atoms with Crippen molar-refractivity contribution in [1.82, 2.24) is 9.80 Å². The van der Waals surface area contributed by atoms with Crippen LogP contribution < -0.4 is 0 Å².